The highest BCUT2D eigenvalue weighted by Crippen LogP contribution is 2.32. The molecule has 1 aromatic heterocycles. The maximum Gasteiger partial charge on any atom is 0.314 e. The molecule has 5 nitrogen and oxygen atoms in total. The van der Waals surface area contributed by atoms with Crippen LogP contribution in [0.2, 0.25) is 10.0 Å². The molecule has 0 bridgehead atoms. The van der Waals surface area contributed by atoms with Crippen molar-refractivity contribution in [2.45, 2.75) is 12.8 Å². The minimum Gasteiger partial charge on any atom is -0.425 e. The fourth-order valence-electron chi connectivity index (χ4n) is 2.52. The van der Waals surface area contributed by atoms with Crippen molar-refractivity contribution in [2.75, 3.05) is 18.0 Å². The quantitative estimate of drug-likeness (QED) is 0.624. The molecule has 0 atom stereocenters. The van der Waals surface area contributed by atoms with Crippen LogP contribution in [-0.4, -0.2) is 29.0 Å². The van der Waals surface area contributed by atoms with Crippen molar-refractivity contribution < 1.29 is 9.53 Å². The Balaban J connectivity index is 1.59. The van der Waals surface area contributed by atoms with Crippen molar-refractivity contribution in [1.82, 2.24) is 9.97 Å². The first-order chi connectivity index (χ1) is 11.1. The summed E-state index contributed by atoms with van der Waals surface area (Å²) in [7, 11) is 0. The second-order valence-corrected chi connectivity index (χ2v) is 6.07. The Bertz CT molecular complexity index is 689. The van der Waals surface area contributed by atoms with E-state index in [1.165, 1.54) is 0 Å². The third-order valence-electron chi connectivity index (χ3n) is 3.79. The van der Waals surface area contributed by atoms with Gasteiger partial charge in [-0.15, -0.1) is 0 Å². The van der Waals surface area contributed by atoms with Gasteiger partial charge in [-0.25, -0.2) is 9.97 Å². The zero-order chi connectivity index (χ0) is 16.2. The fraction of sp³-hybridized carbons (Fsp3) is 0.312. The van der Waals surface area contributed by atoms with E-state index < -0.39 is 0 Å². The molecule has 1 aliphatic rings. The van der Waals surface area contributed by atoms with E-state index in [2.05, 4.69) is 14.9 Å². The maximum absolute atomic E-state index is 12.3. The Morgan fingerprint density at radius 3 is 2.52 bits per heavy atom. The molecule has 2 aromatic rings. The Labute approximate surface area is 144 Å². The molecule has 0 aliphatic carbocycles. The van der Waals surface area contributed by atoms with Crippen LogP contribution in [0.4, 0.5) is 5.95 Å². The van der Waals surface area contributed by atoms with Gasteiger partial charge in [-0.2, -0.15) is 0 Å². The zero-order valence-electron chi connectivity index (χ0n) is 12.3. The highest BCUT2D eigenvalue weighted by Gasteiger charge is 2.28. The van der Waals surface area contributed by atoms with Gasteiger partial charge in [0, 0.05) is 25.5 Å². The SMILES string of the molecule is O=C(Oc1cccc(Cl)c1Cl)C1CCN(c2ncccn2)CC1. The van der Waals surface area contributed by atoms with Crippen molar-refractivity contribution in [3.63, 3.8) is 0 Å². The molecule has 0 N–H and O–H groups in total. The third kappa shape index (κ3) is 3.74. The van der Waals surface area contributed by atoms with Gasteiger partial charge in [-0.1, -0.05) is 29.3 Å². The monoisotopic (exact) mass is 351 g/mol. The summed E-state index contributed by atoms with van der Waals surface area (Å²) in [5.41, 5.74) is 0. The highest BCUT2D eigenvalue weighted by molar-refractivity contribution is 6.43. The predicted octanol–water partition coefficient (Wildman–Crippen LogP) is 3.61. The van der Waals surface area contributed by atoms with Crippen molar-refractivity contribution in [3.05, 3.63) is 46.7 Å². The average Bonchev–Trinajstić information content (AvgIpc) is 2.60. The number of ether oxygens (including phenoxy) is 1. The van der Waals surface area contributed by atoms with Gasteiger partial charge in [-0.3, -0.25) is 4.79 Å². The molecule has 1 saturated heterocycles. The van der Waals surface area contributed by atoms with E-state index in [-0.39, 0.29) is 16.9 Å². The molecule has 0 radical (unpaired) electrons. The summed E-state index contributed by atoms with van der Waals surface area (Å²) in [6, 6.07) is 6.77. The summed E-state index contributed by atoms with van der Waals surface area (Å²) in [5.74, 6) is 0.558. The molecule has 0 saturated carbocycles. The fourth-order valence-corrected chi connectivity index (χ4v) is 2.85. The summed E-state index contributed by atoms with van der Waals surface area (Å²) >= 11 is 12.0. The molecule has 0 spiro atoms. The number of piperidine rings is 1. The summed E-state index contributed by atoms with van der Waals surface area (Å²) in [4.78, 5) is 22.8. The van der Waals surface area contributed by atoms with Gasteiger partial charge in [0.25, 0.3) is 0 Å². The van der Waals surface area contributed by atoms with Crippen LogP contribution in [0.5, 0.6) is 5.75 Å². The first-order valence-electron chi connectivity index (χ1n) is 7.33. The summed E-state index contributed by atoms with van der Waals surface area (Å²) < 4.78 is 5.40. The molecule has 23 heavy (non-hydrogen) atoms. The van der Waals surface area contributed by atoms with Crippen molar-refractivity contribution in [3.8, 4) is 5.75 Å². The van der Waals surface area contributed by atoms with Gasteiger partial charge in [0.2, 0.25) is 5.95 Å². The number of carbonyl (C=O) groups is 1. The topological polar surface area (TPSA) is 55.3 Å². The summed E-state index contributed by atoms with van der Waals surface area (Å²) in [6.45, 7) is 1.43. The van der Waals surface area contributed by atoms with Crippen LogP contribution in [-0.2, 0) is 4.79 Å². The molecule has 3 rings (SSSR count). The van der Waals surface area contributed by atoms with E-state index in [0.717, 1.165) is 0 Å². The second-order valence-electron chi connectivity index (χ2n) is 5.28. The molecule has 1 fully saturated rings. The Morgan fingerprint density at radius 1 is 1.13 bits per heavy atom. The maximum atomic E-state index is 12.3. The zero-order valence-corrected chi connectivity index (χ0v) is 13.8. The lowest BCUT2D eigenvalue weighted by molar-refractivity contribution is -0.139. The van der Waals surface area contributed by atoms with Crippen molar-refractivity contribution in [2.24, 2.45) is 5.92 Å². The number of hydrogen-bond acceptors (Lipinski definition) is 5. The van der Waals surface area contributed by atoms with E-state index in [9.17, 15) is 4.79 Å². The minimum absolute atomic E-state index is 0.162. The van der Waals surface area contributed by atoms with Gasteiger partial charge in [0.05, 0.1) is 10.9 Å². The molecular weight excluding hydrogens is 337 g/mol. The Hall–Kier alpha value is -1.85. The number of aromatic nitrogens is 2. The molecule has 0 unspecified atom stereocenters. The lowest BCUT2D eigenvalue weighted by Crippen LogP contribution is -2.38. The van der Waals surface area contributed by atoms with Gasteiger partial charge in [-0.05, 0) is 31.0 Å². The van der Waals surface area contributed by atoms with Crippen LogP contribution in [0.3, 0.4) is 0 Å². The van der Waals surface area contributed by atoms with Gasteiger partial charge >= 0.3 is 5.97 Å². The highest BCUT2D eigenvalue weighted by atomic mass is 35.5. The number of carbonyl (C=O) groups excluding carboxylic acids is 1. The van der Waals surface area contributed by atoms with Crippen LogP contribution in [0.1, 0.15) is 12.8 Å². The van der Waals surface area contributed by atoms with Crippen molar-refractivity contribution in [1.29, 1.82) is 0 Å². The summed E-state index contributed by atoms with van der Waals surface area (Å²) in [6.07, 6.45) is 4.80. The number of rotatable bonds is 3. The molecule has 0 amide bonds. The number of halogens is 2. The van der Waals surface area contributed by atoms with Crippen LogP contribution >= 0.6 is 23.2 Å². The normalized spacial score (nSPS) is 15.5. The molecule has 120 valence electrons. The van der Waals surface area contributed by atoms with Gasteiger partial charge < -0.3 is 9.64 Å². The Morgan fingerprint density at radius 2 is 1.83 bits per heavy atom. The van der Waals surface area contributed by atoms with Gasteiger partial charge in [0.1, 0.15) is 5.02 Å². The largest absolute Gasteiger partial charge is 0.425 e. The summed E-state index contributed by atoms with van der Waals surface area (Å²) in [5, 5.41) is 0.630. The van der Waals surface area contributed by atoms with Crippen LogP contribution in [0.25, 0.3) is 0 Å². The molecule has 1 aliphatic heterocycles. The van der Waals surface area contributed by atoms with E-state index in [1.54, 1.807) is 36.7 Å². The Kier molecular flexibility index (Phi) is 4.98. The lowest BCUT2D eigenvalue weighted by Gasteiger charge is -2.30. The first kappa shape index (κ1) is 16.0. The minimum atomic E-state index is -0.275. The molecule has 7 heteroatoms. The van der Waals surface area contributed by atoms with E-state index in [0.29, 0.717) is 42.7 Å². The lowest BCUT2D eigenvalue weighted by atomic mass is 9.97. The number of esters is 1. The van der Waals surface area contributed by atoms with Crippen LogP contribution in [0.15, 0.2) is 36.7 Å². The first-order valence-corrected chi connectivity index (χ1v) is 8.08. The van der Waals surface area contributed by atoms with E-state index >= 15 is 0 Å². The van der Waals surface area contributed by atoms with E-state index in [4.69, 9.17) is 27.9 Å². The second kappa shape index (κ2) is 7.15. The number of nitrogens with zero attached hydrogens (tertiary/aromatic N) is 3. The molecule has 1 aromatic carbocycles. The average molecular weight is 352 g/mol. The predicted molar refractivity (Wildman–Crippen MR) is 89.1 cm³/mol. The number of anilines is 1. The number of benzene rings is 1. The van der Waals surface area contributed by atoms with Crippen molar-refractivity contribution >= 4 is 35.1 Å². The standard InChI is InChI=1S/C16H15Cl2N3O2/c17-12-3-1-4-13(14(12)18)23-15(22)11-5-9-21(10-6-11)16-19-7-2-8-20-16/h1-4,7-8,11H,5-6,9-10H2. The number of hydrogen-bond donors (Lipinski definition) is 0. The molecule has 2 heterocycles. The van der Waals surface area contributed by atoms with Crippen LogP contribution in [0, 0.1) is 5.92 Å². The third-order valence-corrected chi connectivity index (χ3v) is 4.59. The molecular formula is C16H15Cl2N3O2. The smallest absolute Gasteiger partial charge is 0.314 e. The van der Waals surface area contributed by atoms with Gasteiger partial charge in [0.15, 0.2) is 5.75 Å². The van der Waals surface area contributed by atoms with Crippen LogP contribution < -0.4 is 9.64 Å². The van der Waals surface area contributed by atoms with E-state index in [1.807, 2.05) is 0 Å².